The zero-order chi connectivity index (χ0) is 20.4. The van der Waals surface area contributed by atoms with E-state index in [0.29, 0.717) is 17.0 Å². The van der Waals surface area contributed by atoms with E-state index in [1.807, 2.05) is 48.9 Å². The van der Waals surface area contributed by atoms with Crippen molar-refractivity contribution in [1.82, 2.24) is 24.7 Å². The van der Waals surface area contributed by atoms with Crippen LogP contribution in [-0.4, -0.2) is 30.9 Å². The van der Waals surface area contributed by atoms with E-state index >= 15 is 0 Å². The summed E-state index contributed by atoms with van der Waals surface area (Å²) in [5.74, 6) is 0.371. The minimum absolute atomic E-state index is 0.271. The minimum Gasteiger partial charge on any atom is -0.250 e. The van der Waals surface area contributed by atoms with Crippen LogP contribution in [0.25, 0.3) is 5.69 Å². The molecule has 0 radical (unpaired) electrons. The first-order valence-corrected chi connectivity index (χ1v) is 9.50. The smallest absolute Gasteiger partial charge is 0.216 e. The maximum atomic E-state index is 13.1. The van der Waals surface area contributed by atoms with E-state index in [-0.39, 0.29) is 5.82 Å². The Balaban J connectivity index is 1.65. The molecule has 0 aliphatic carbocycles. The minimum atomic E-state index is -0.271. The zero-order valence-corrected chi connectivity index (χ0v) is 16.8. The fraction of sp³-hybridized carbons (Fsp3) is 0.143. The molecule has 4 aromatic rings. The molecule has 29 heavy (non-hydrogen) atoms. The number of benzene rings is 2. The van der Waals surface area contributed by atoms with Gasteiger partial charge in [-0.15, -0.1) is 0 Å². The second-order valence-electron chi connectivity index (χ2n) is 6.64. The normalized spacial score (nSPS) is 11.4. The Hall–Kier alpha value is -3.39. The number of aromatic nitrogens is 5. The van der Waals surface area contributed by atoms with Gasteiger partial charge in [0.2, 0.25) is 4.77 Å². The van der Waals surface area contributed by atoms with Gasteiger partial charge >= 0.3 is 0 Å². The Kier molecular flexibility index (Phi) is 5.18. The third kappa shape index (κ3) is 3.93. The van der Waals surface area contributed by atoms with Crippen molar-refractivity contribution in [3.8, 4) is 5.69 Å². The summed E-state index contributed by atoms with van der Waals surface area (Å²) < 4.78 is 17.0. The zero-order valence-electron chi connectivity index (χ0n) is 16.0. The Morgan fingerprint density at radius 2 is 1.83 bits per heavy atom. The van der Waals surface area contributed by atoms with Crippen LogP contribution < -0.4 is 0 Å². The number of para-hydroxylation sites is 1. The van der Waals surface area contributed by atoms with Crippen LogP contribution in [-0.2, 0) is 6.42 Å². The van der Waals surface area contributed by atoms with E-state index < -0.39 is 0 Å². The van der Waals surface area contributed by atoms with Crippen molar-refractivity contribution in [2.75, 3.05) is 0 Å². The quantitative estimate of drug-likeness (QED) is 0.396. The van der Waals surface area contributed by atoms with Gasteiger partial charge in [0.15, 0.2) is 5.82 Å². The van der Waals surface area contributed by atoms with Crippen LogP contribution in [0.15, 0.2) is 59.7 Å². The molecule has 146 valence electrons. The molecule has 8 heteroatoms. The first-order chi connectivity index (χ1) is 14.0. The van der Waals surface area contributed by atoms with Crippen LogP contribution in [0.1, 0.15) is 28.3 Å². The van der Waals surface area contributed by atoms with Gasteiger partial charge in [0.25, 0.3) is 0 Å². The van der Waals surface area contributed by atoms with E-state index in [4.69, 9.17) is 12.2 Å². The summed E-state index contributed by atoms with van der Waals surface area (Å²) >= 11 is 5.32. The van der Waals surface area contributed by atoms with Crippen molar-refractivity contribution in [3.63, 3.8) is 0 Å². The van der Waals surface area contributed by atoms with E-state index in [0.717, 1.165) is 28.2 Å². The van der Waals surface area contributed by atoms with Crippen LogP contribution in [0.3, 0.4) is 0 Å². The Morgan fingerprint density at radius 3 is 2.55 bits per heavy atom. The maximum Gasteiger partial charge on any atom is 0.216 e. The summed E-state index contributed by atoms with van der Waals surface area (Å²) in [6.45, 7) is 3.95. The number of rotatable bonds is 5. The number of hydrogen-bond donors (Lipinski definition) is 1. The van der Waals surface area contributed by atoms with E-state index in [2.05, 4.69) is 20.4 Å². The lowest BCUT2D eigenvalue weighted by Gasteiger charge is -2.04. The molecule has 0 aliphatic heterocycles. The van der Waals surface area contributed by atoms with Crippen LogP contribution in [0, 0.1) is 24.4 Å². The number of halogens is 1. The van der Waals surface area contributed by atoms with Gasteiger partial charge in [-0.2, -0.15) is 20.0 Å². The van der Waals surface area contributed by atoms with Gasteiger partial charge in [-0.05, 0) is 55.9 Å². The van der Waals surface area contributed by atoms with Crippen molar-refractivity contribution in [2.45, 2.75) is 20.3 Å². The lowest BCUT2D eigenvalue weighted by atomic mass is 10.1. The maximum absolute atomic E-state index is 13.1. The molecule has 0 unspecified atom stereocenters. The standard InChI is InChI=1S/C21H19FN6S/c1-14-19(15(2)27(26-14)18-6-4-3-5-7-18)13-23-28-20(24-25-21(28)29)12-16-8-10-17(22)11-9-16/h3-11,13H,12H2,1-2H3,(H,25,29). The van der Waals surface area contributed by atoms with Crippen molar-refractivity contribution >= 4 is 18.4 Å². The van der Waals surface area contributed by atoms with Crippen molar-refractivity contribution in [1.29, 1.82) is 0 Å². The SMILES string of the molecule is Cc1nn(-c2ccccc2)c(C)c1C=Nn1c(Cc2ccc(F)cc2)n[nH]c1=S. The van der Waals surface area contributed by atoms with Gasteiger partial charge in [0.05, 0.1) is 23.3 Å². The van der Waals surface area contributed by atoms with Crippen LogP contribution in [0.5, 0.6) is 0 Å². The largest absolute Gasteiger partial charge is 0.250 e. The third-order valence-corrected chi connectivity index (χ3v) is 4.91. The number of aromatic amines is 1. The molecular formula is C21H19FN6S. The predicted molar refractivity (Wildman–Crippen MR) is 113 cm³/mol. The molecule has 1 N–H and O–H groups in total. The van der Waals surface area contributed by atoms with Gasteiger partial charge in [0.1, 0.15) is 5.82 Å². The lowest BCUT2D eigenvalue weighted by molar-refractivity contribution is 0.627. The number of aryl methyl sites for hydroxylation is 1. The second-order valence-corrected chi connectivity index (χ2v) is 7.02. The summed E-state index contributed by atoms with van der Waals surface area (Å²) in [6.07, 6.45) is 2.22. The predicted octanol–water partition coefficient (Wildman–Crippen LogP) is 4.36. The van der Waals surface area contributed by atoms with Crippen LogP contribution in [0.2, 0.25) is 0 Å². The van der Waals surface area contributed by atoms with Crippen molar-refractivity contribution < 1.29 is 4.39 Å². The molecule has 0 aliphatic rings. The van der Waals surface area contributed by atoms with E-state index in [9.17, 15) is 4.39 Å². The summed E-state index contributed by atoms with van der Waals surface area (Å²) in [4.78, 5) is 0. The first-order valence-electron chi connectivity index (χ1n) is 9.09. The molecule has 0 fully saturated rings. The average Bonchev–Trinajstić information content (AvgIpc) is 3.21. The highest BCUT2D eigenvalue weighted by Crippen LogP contribution is 2.16. The monoisotopic (exact) mass is 406 g/mol. The summed E-state index contributed by atoms with van der Waals surface area (Å²) in [7, 11) is 0. The molecule has 4 rings (SSSR count). The van der Waals surface area contributed by atoms with Crippen molar-refractivity contribution in [3.05, 3.63) is 93.5 Å². The number of hydrogen-bond acceptors (Lipinski definition) is 4. The molecular weight excluding hydrogens is 387 g/mol. The Bertz CT molecular complexity index is 1220. The molecule has 0 spiro atoms. The number of nitrogens with zero attached hydrogens (tertiary/aromatic N) is 5. The van der Waals surface area contributed by atoms with Gasteiger partial charge < -0.3 is 0 Å². The molecule has 0 atom stereocenters. The summed E-state index contributed by atoms with van der Waals surface area (Å²) in [5.41, 5.74) is 4.67. The number of nitrogens with one attached hydrogen (secondary N) is 1. The van der Waals surface area contributed by atoms with Crippen LogP contribution >= 0.6 is 12.2 Å². The fourth-order valence-corrected chi connectivity index (χ4v) is 3.32. The highest BCUT2D eigenvalue weighted by atomic mass is 32.1. The topological polar surface area (TPSA) is 63.8 Å². The Morgan fingerprint density at radius 1 is 1.10 bits per heavy atom. The van der Waals surface area contributed by atoms with Gasteiger partial charge in [0, 0.05) is 12.0 Å². The highest BCUT2D eigenvalue weighted by molar-refractivity contribution is 7.71. The second kappa shape index (κ2) is 7.92. The molecule has 0 amide bonds. The van der Waals surface area contributed by atoms with E-state index in [1.165, 1.54) is 12.1 Å². The molecule has 2 aromatic heterocycles. The van der Waals surface area contributed by atoms with Gasteiger partial charge in [-0.3, -0.25) is 5.10 Å². The Labute approximate surface area is 172 Å². The molecule has 0 bridgehead atoms. The van der Waals surface area contributed by atoms with Crippen molar-refractivity contribution in [2.24, 2.45) is 5.10 Å². The highest BCUT2D eigenvalue weighted by Gasteiger charge is 2.12. The summed E-state index contributed by atoms with van der Waals surface area (Å²) in [6, 6.07) is 16.2. The van der Waals surface area contributed by atoms with E-state index in [1.54, 1.807) is 23.0 Å². The molecule has 0 saturated heterocycles. The lowest BCUT2D eigenvalue weighted by Crippen LogP contribution is -2.01. The van der Waals surface area contributed by atoms with Gasteiger partial charge in [-0.1, -0.05) is 30.3 Å². The average molecular weight is 406 g/mol. The molecule has 2 heterocycles. The van der Waals surface area contributed by atoms with Crippen LogP contribution in [0.4, 0.5) is 4.39 Å². The molecule has 0 saturated carbocycles. The fourth-order valence-electron chi connectivity index (χ4n) is 3.12. The first kappa shape index (κ1) is 18.9. The van der Waals surface area contributed by atoms with Gasteiger partial charge in [-0.25, -0.2) is 9.07 Å². The molecule has 2 aromatic carbocycles. The third-order valence-electron chi connectivity index (χ3n) is 4.64. The molecule has 6 nitrogen and oxygen atoms in total. The summed E-state index contributed by atoms with van der Waals surface area (Å²) in [5, 5.41) is 16.2. The number of H-pyrrole nitrogens is 1.